The summed E-state index contributed by atoms with van der Waals surface area (Å²) in [5, 5.41) is 7.03. The largest absolute Gasteiger partial charge is 0.352 e. The second-order valence-corrected chi connectivity index (χ2v) is 8.70. The maximum atomic E-state index is 12.2. The third-order valence-electron chi connectivity index (χ3n) is 3.43. The van der Waals surface area contributed by atoms with Crippen LogP contribution in [0.1, 0.15) is 25.7 Å². The molecule has 0 bridgehead atoms. The van der Waals surface area contributed by atoms with Crippen molar-refractivity contribution >= 4 is 33.2 Å². The van der Waals surface area contributed by atoms with E-state index in [1.807, 2.05) is 0 Å². The zero-order valence-electron chi connectivity index (χ0n) is 12.9. The van der Waals surface area contributed by atoms with Crippen molar-refractivity contribution in [3.8, 4) is 0 Å². The molecule has 128 valence electrons. The van der Waals surface area contributed by atoms with E-state index in [9.17, 15) is 18.0 Å². The highest BCUT2D eigenvalue weighted by Gasteiger charge is 2.23. The number of carbonyl (C=O) groups excluding carboxylic acids is 2. The maximum Gasteiger partial charge on any atom is 0.252 e. The fraction of sp³-hybridized carbons (Fsp3) is 0.571. The Labute approximate surface area is 140 Å². The van der Waals surface area contributed by atoms with E-state index in [2.05, 4.69) is 10.6 Å². The van der Waals surface area contributed by atoms with Gasteiger partial charge in [-0.2, -0.15) is 0 Å². The molecule has 1 aromatic heterocycles. The first-order valence-electron chi connectivity index (χ1n) is 7.45. The van der Waals surface area contributed by atoms with E-state index >= 15 is 0 Å². The summed E-state index contributed by atoms with van der Waals surface area (Å²) >= 11 is 1.17. The van der Waals surface area contributed by atoms with Crippen LogP contribution in [0.4, 0.5) is 0 Å². The number of nitrogens with zero attached hydrogens (tertiary/aromatic N) is 1. The summed E-state index contributed by atoms with van der Waals surface area (Å²) in [6, 6.07) is 3.52. The van der Waals surface area contributed by atoms with Crippen LogP contribution in [0.15, 0.2) is 21.7 Å². The van der Waals surface area contributed by atoms with Crippen LogP contribution >= 0.6 is 11.3 Å². The predicted molar refractivity (Wildman–Crippen MR) is 87.5 cm³/mol. The van der Waals surface area contributed by atoms with Crippen LogP contribution in [-0.2, 0) is 19.6 Å². The Morgan fingerprint density at radius 2 is 2.09 bits per heavy atom. The highest BCUT2D eigenvalue weighted by atomic mass is 32.2. The molecule has 7 nitrogen and oxygen atoms in total. The molecule has 0 radical (unpaired) electrons. The summed E-state index contributed by atoms with van der Waals surface area (Å²) in [5.41, 5.74) is 0. The van der Waals surface area contributed by atoms with E-state index in [-0.39, 0.29) is 37.4 Å². The zero-order chi connectivity index (χ0) is 16.9. The average molecular weight is 359 g/mol. The number of hydrogen-bond donors (Lipinski definition) is 2. The molecule has 1 heterocycles. The number of thiophene rings is 1. The van der Waals surface area contributed by atoms with Gasteiger partial charge in [0.05, 0.1) is 6.54 Å². The Bertz CT molecular complexity index is 639. The van der Waals surface area contributed by atoms with Crippen LogP contribution in [0, 0.1) is 0 Å². The smallest absolute Gasteiger partial charge is 0.252 e. The lowest BCUT2D eigenvalue weighted by atomic mass is 10.3. The minimum absolute atomic E-state index is 0.0291. The van der Waals surface area contributed by atoms with Crippen LogP contribution in [0.2, 0.25) is 0 Å². The van der Waals surface area contributed by atoms with E-state index in [1.54, 1.807) is 17.5 Å². The Morgan fingerprint density at radius 3 is 2.70 bits per heavy atom. The van der Waals surface area contributed by atoms with Gasteiger partial charge in [-0.25, -0.2) is 12.7 Å². The summed E-state index contributed by atoms with van der Waals surface area (Å²) in [6.45, 7) is 0.223. The van der Waals surface area contributed by atoms with Gasteiger partial charge < -0.3 is 10.6 Å². The van der Waals surface area contributed by atoms with Gasteiger partial charge in [0.25, 0.3) is 10.0 Å². The van der Waals surface area contributed by atoms with Gasteiger partial charge in [-0.05, 0) is 30.7 Å². The molecule has 0 saturated heterocycles. The molecule has 9 heteroatoms. The number of nitrogens with one attached hydrogen (secondary N) is 2. The minimum Gasteiger partial charge on any atom is -0.352 e. The lowest BCUT2D eigenvalue weighted by Crippen LogP contribution is -2.38. The molecular formula is C14H21N3O4S2. The van der Waals surface area contributed by atoms with E-state index in [0.29, 0.717) is 10.6 Å². The molecule has 0 unspecified atom stereocenters. The topological polar surface area (TPSA) is 95.6 Å². The Kier molecular flexibility index (Phi) is 6.14. The monoisotopic (exact) mass is 359 g/mol. The van der Waals surface area contributed by atoms with Crippen LogP contribution in [0.3, 0.4) is 0 Å². The van der Waals surface area contributed by atoms with Gasteiger partial charge in [0.2, 0.25) is 11.8 Å². The molecule has 0 atom stereocenters. The van der Waals surface area contributed by atoms with Crippen molar-refractivity contribution in [2.75, 3.05) is 20.1 Å². The van der Waals surface area contributed by atoms with Crippen molar-refractivity contribution < 1.29 is 18.0 Å². The molecule has 23 heavy (non-hydrogen) atoms. The molecular weight excluding hydrogens is 338 g/mol. The molecule has 2 rings (SSSR count). The van der Waals surface area contributed by atoms with Crippen molar-refractivity contribution in [1.29, 1.82) is 0 Å². The van der Waals surface area contributed by atoms with Gasteiger partial charge in [0.15, 0.2) is 0 Å². The number of amides is 2. The van der Waals surface area contributed by atoms with Gasteiger partial charge in [-0.3, -0.25) is 9.59 Å². The summed E-state index contributed by atoms with van der Waals surface area (Å²) in [6.07, 6.45) is 2.59. The summed E-state index contributed by atoms with van der Waals surface area (Å²) in [7, 11) is -1.97. The molecule has 1 saturated carbocycles. The van der Waals surface area contributed by atoms with Gasteiger partial charge >= 0.3 is 0 Å². The number of carbonyl (C=O) groups is 2. The Balaban J connectivity index is 1.65. The first-order chi connectivity index (χ1) is 10.9. The Hall–Kier alpha value is -1.45. The molecule has 1 aliphatic carbocycles. The fourth-order valence-corrected chi connectivity index (χ4v) is 4.33. The van der Waals surface area contributed by atoms with Crippen LogP contribution in [-0.4, -0.2) is 50.7 Å². The predicted octanol–water partition coefficient (Wildman–Crippen LogP) is 0.544. The maximum absolute atomic E-state index is 12.2. The van der Waals surface area contributed by atoms with Gasteiger partial charge in [-0.1, -0.05) is 6.07 Å². The van der Waals surface area contributed by atoms with Crippen LogP contribution < -0.4 is 10.6 Å². The summed E-state index contributed by atoms with van der Waals surface area (Å²) < 4.78 is 25.9. The van der Waals surface area contributed by atoms with Crippen molar-refractivity contribution in [3.05, 3.63) is 17.5 Å². The molecule has 0 aliphatic heterocycles. The van der Waals surface area contributed by atoms with E-state index in [1.165, 1.54) is 22.7 Å². The molecule has 0 aromatic carbocycles. The van der Waals surface area contributed by atoms with Gasteiger partial charge in [0, 0.05) is 26.1 Å². The SMILES string of the molecule is CN(CCCC(=O)NCC(=O)NC1CC1)S(=O)(=O)c1cccs1. The third kappa shape index (κ3) is 5.60. The molecule has 1 fully saturated rings. The first kappa shape index (κ1) is 17.9. The summed E-state index contributed by atoms with van der Waals surface area (Å²) in [5.74, 6) is -0.434. The average Bonchev–Trinajstić information content (AvgIpc) is 3.13. The van der Waals surface area contributed by atoms with E-state index in [4.69, 9.17) is 0 Å². The normalized spacial score (nSPS) is 14.7. The fourth-order valence-electron chi connectivity index (χ4n) is 1.92. The molecule has 2 amide bonds. The standard InChI is InChI=1S/C14H21N3O4S2/c1-17(23(20,21)14-5-3-9-22-14)8-2-4-12(18)15-10-13(19)16-11-6-7-11/h3,5,9,11H,2,4,6-8,10H2,1H3,(H,15,18)(H,16,19). The van der Waals surface area contributed by atoms with Crippen LogP contribution in [0.25, 0.3) is 0 Å². The first-order valence-corrected chi connectivity index (χ1v) is 9.77. The van der Waals surface area contributed by atoms with Gasteiger partial charge in [0.1, 0.15) is 4.21 Å². The Morgan fingerprint density at radius 1 is 1.35 bits per heavy atom. The lowest BCUT2D eigenvalue weighted by molar-refractivity contribution is -0.126. The molecule has 2 N–H and O–H groups in total. The highest BCUT2D eigenvalue weighted by Crippen LogP contribution is 2.20. The lowest BCUT2D eigenvalue weighted by Gasteiger charge is -2.15. The van der Waals surface area contributed by atoms with Crippen molar-refractivity contribution in [1.82, 2.24) is 14.9 Å². The number of hydrogen-bond acceptors (Lipinski definition) is 5. The van der Waals surface area contributed by atoms with E-state index < -0.39 is 10.0 Å². The molecule has 1 aliphatic rings. The van der Waals surface area contributed by atoms with E-state index in [0.717, 1.165) is 12.8 Å². The zero-order valence-corrected chi connectivity index (χ0v) is 14.6. The van der Waals surface area contributed by atoms with Crippen LogP contribution in [0.5, 0.6) is 0 Å². The highest BCUT2D eigenvalue weighted by molar-refractivity contribution is 7.91. The number of rotatable bonds is 9. The summed E-state index contributed by atoms with van der Waals surface area (Å²) in [4.78, 5) is 23.1. The third-order valence-corrected chi connectivity index (χ3v) is 6.65. The van der Waals surface area contributed by atoms with Crippen molar-refractivity contribution in [2.24, 2.45) is 0 Å². The number of sulfonamides is 1. The second kappa shape index (κ2) is 7.89. The van der Waals surface area contributed by atoms with Crippen molar-refractivity contribution in [3.63, 3.8) is 0 Å². The molecule has 1 aromatic rings. The minimum atomic E-state index is -3.47. The quantitative estimate of drug-likeness (QED) is 0.673. The van der Waals surface area contributed by atoms with Gasteiger partial charge in [-0.15, -0.1) is 11.3 Å². The van der Waals surface area contributed by atoms with Crippen molar-refractivity contribution in [2.45, 2.75) is 35.9 Å². The molecule has 0 spiro atoms. The second-order valence-electron chi connectivity index (χ2n) is 5.48.